The van der Waals surface area contributed by atoms with E-state index in [1.54, 1.807) is 14.2 Å². The number of ketones is 2. The van der Waals surface area contributed by atoms with E-state index in [2.05, 4.69) is 49.5 Å². The van der Waals surface area contributed by atoms with Gasteiger partial charge in [0.15, 0.2) is 23.1 Å². The van der Waals surface area contributed by atoms with Crippen LogP contribution in [0.5, 0.6) is 11.5 Å². The van der Waals surface area contributed by atoms with E-state index in [4.69, 9.17) is 14.2 Å². The van der Waals surface area contributed by atoms with Crippen molar-refractivity contribution in [2.24, 2.45) is 0 Å². The van der Waals surface area contributed by atoms with E-state index in [-0.39, 0.29) is 17.5 Å². The Kier molecular flexibility index (Phi) is 8.59. The average molecular weight is 692 g/mol. The lowest BCUT2D eigenvalue weighted by atomic mass is 9.71. The first-order valence-electron chi connectivity index (χ1n) is 13.0. The number of allylic oxidation sites excluding steroid dienone is 4. The molecule has 0 saturated heterocycles. The number of Topliss-reactive ketones (excluding diaryl/α,β-unsaturated/α-hetero) is 2. The Bertz CT molecular complexity index is 1270. The maximum Gasteiger partial charge on any atom is 0.174 e. The van der Waals surface area contributed by atoms with Crippen LogP contribution in [0.15, 0.2) is 63.4 Å². The van der Waals surface area contributed by atoms with Gasteiger partial charge in [-0.15, -0.1) is 0 Å². The lowest BCUT2D eigenvalue weighted by molar-refractivity contribution is -0.117. The van der Waals surface area contributed by atoms with Gasteiger partial charge in [0.1, 0.15) is 6.61 Å². The van der Waals surface area contributed by atoms with Crippen LogP contribution in [0.1, 0.15) is 55.6 Å². The van der Waals surface area contributed by atoms with Gasteiger partial charge in [0, 0.05) is 59.4 Å². The fraction of sp³-hybridized carbons (Fsp3) is 0.400. The molecule has 0 N–H and O–H groups in total. The maximum absolute atomic E-state index is 13.5. The zero-order valence-corrected chi connectivity index (χ0v) is 25.4. The van der Waals surface area contributed by atoms with Crippen molar-refractivity contribution in [1.29, 1.82) is 0 Å². The molecule has 0 radical (unpaired) electrons. The first-order chi connectivity index (χ1) is 18.4. The quantitative estimate of drug-likeness (QED) is 0.287. The van der Waals surface area contributed by atoms with E-state index in [0.717, 1.165) is 67.4 Å². The number of hydrogen-bond donors (Lipinski definition) is 0. The summed E-state index contributed by atoms with van der Waals surface area (Å²) in [4.78, 5) is 29.2. The molecular weight excluding hydrogens is 661 g/mol. The molecular formula is C30H31BrINO5. The summed E-state index contributed by atoms with van der Waals surface area (Å²) in [6.07, 6.45) is 4.33. The zero-order valence-electron chi connectivity index (χ0n) is 21.6. The third-order valence-electron chi connectivity index (χ3n) is 7.49. The van der Waals surface area contributed by atoms with Crippen LogP contribution in [-0.4, -0.2) is 43.8 Å². The Labute approximate surface area is 245 Å². The molecule has 0 atom stereocenters. The summed E-state index contributed by atoms with van der Waals surface area (Å²) in [5, 5.41) is 0. The topological polar surface area (TPSA) is 65.1 Å². The van der Waals surface area contributed by atoms with Crippen LogP contribution < -0.4 is 9.47 Å². The average Bonchev–Trinajstić information content (AvgIpc) is 2.91. The Morgan fingerprint density at radius 1 is 0.947 bits per heavy atom. The fourth-order valence-corrected chi connectivity index (χ4v) is 6.83. The van der Waals surface area contributed by atoms with Crippen molar-refractivity contribution in [1.82, 2.24) is 4.90 Å². The Morgan fingerprint density at radius 2 is 1.58 bits per heavy atom. The molecule has 3 aliphatic rings. The Balaban J connectivity index is 1.58. The van der Waals surface area contributed by atoms with Gasteiger partial charge >= 0.3 is 0 Å². The van der Waals surface area contributed by atoms with Gasteiger partial charge in [-0.2, -0.15) is 0 Å². The van der Waals surface area contributed by atoms with E-state index < -0.39 is 0 Å². The van der Waals surface area contributed by atoms with E-state index in [9.17, 15) is 9.59 Å². The lowest BCUT2D eigenvalue weighted by Crippen LogP contribution is -2.40. The second kappa shape index (κ2) is 11.9. The molecule has 0 aromatic heterocycles. The van der Waals surface area contributed by atoms with E-state index in [1.807, 2.05) is 30.3 Å². The summed E-state index contributed by atoms with van der Waals surface area (Å²) in [6.45, 7) is 1.58. The van der Waals surface area contributed by atoms with Gasteiger partial charge < -0.3 is 19.1 Å². The van der Waals surface area contributed by atoms with Gasteiger partial charge in [0.25, 0.3) is 0 Å². The second-order valence-electron chi connectivity index (χ2n) is 9.80. The number of carbonyl (C=O) groups excluding carboxylic acids is 2. The van der Waals surface area contributed by atoms with Crippen molar-refractivity contribution in [2.75, 3.05) is 27.4 Å². The molecule has 2 aliphatic carbocycles. The minimum Gasteiger partial charge on any atom is -0.493 e. The molecule has 0 spiro atoms. The van der Waals surface area contributed by atoms with Gasteiger partial charge in [0.2, 0.25) is 0 Å². The molecule has 2 aromatic rings. The molecule has 5 rings (SSSR count). The van der Waals surface area contributed by atoms with Crippen LogP contribution in [0.4, 0.5) is 0 Å². The fourth-order valence-electron chi connectivity index (χ4n) is 5.78. The highest BCUT2D eigenvalue weighted by atomic mass is 127. The van der Waals surface area contributed by atoms with Crippen molar-refractivity contribution >= 4 is 50.1 Å². The summed E-state index contributed by atoms with van der Waals surface area (Å²) in [6, 6.07) is 12.0. The van der Waals surface area contributed by atoms with E-state index >= 15 is 0 Å². The number of nitrogens with zero attached hydrogens (tertiary/aromatic N) is 1. The Morgan fingerprint density at radius 3 is 2.16 bits per heavy atom. The molecule has 0 unspecified atom stereocenters. The number of benzene rings is 2. The molecule has 0 saturated carbocycles. The lowest BCUT2D eigenvalue weighted by Gasteiger charge is -2.44. The van der Waals surface area contributed by atoms with Crippen LogP contribution in [0.2, 0.25) is 0 Å². The third kappa shape index (κ3) is 5.31. The van der Waals surface area contributed by atoms with Gasteiger partial charge in [-0.05, 0) is 83.7 Å². The van der Waals surface area contributed by atoms with Crippen LogP contribution in [0.25, 0.3) is 0 Å². The monoisotopic (exact) mass is 691 g/mol. The predicted molar refractivity (Wildman–Crippen MR) is 157 cm³/mol. The second-order valence-corrected chi connectivity index (χ2v) is 11.9. The molecule has 6 nitrogen and oxygen atoms in total. The first kappa shape index (κ1) is 27.4. The standard InChI is InChI=1S/C30H31BrINO5/c1-36-14-13-33-22-5-3-7-24(34)28(22)27(29-23(33)6-4-8-25(29)35)19-15-21(32)30(26(16-19)37-2)38-17-18-9-11-20(31)12-10-18/h9-12,15-16,27H,3-8,13-14,17H2,1-2H3. The van der Waals surface area contributed by atoms with Crippen molar-refractivity contribution < 1.29 is 23.8 Å². The molecule has 200 valence electrons. The summed E-state index contributed by atoms with van der Waals surface area (Å²) in [5.41, 5.74) is 5.59. The Hall–Kier alpha value is -2.17. The smallest absolute Gasteiger partial charge is 0.174 e. The summed E-state index contributed by atoms with van der Waals surface area (Å²) >= 11 is 5.73. The summed E-state index contributed by atoms with van der Waals surface area (Å²) < 4.78 is 19.3. The van der Waals surface area contributed by atoms with Crippen LogP contribution in [-0.2, 0) is 20.9 Å². The highest BCUT2D eigenvalue weighted by molar-refractivity contribution is 14.1. The minimum atomic E-state index is -0.387. The van der Waals surface area contributed by atoms with Crippen LogP contribution in [0.3, 0.4) is 0 Å². The van der Waals surface area contributed by atoms with Crippen molar-refractivity contribution in [3.05, 3.63) is 78.1 Å². The number of methoxy groups -OCH3 is 2. The van der Waals surface area contributed by atoms with E-state index in [0.29, 0.717) is 44.1 Å². The van der Waals surface area contributed by atoms with Gasteiger partial charge in [-0.1, -0.05) is 28.1 Å². The minimum absolute atomic E-state index is 0.133. The SMILES string of the molecule is COCCN1C2=C(C(=O)CCC2)C(c2cc(I)c(OCc3ccc(Br)cc3)c(OC)c2)C2=C1CCCC2=O. The summed E-state index contributed by atoms with van der Waals surface area (Å²) in [7, 11) is 3.31. The molecule has 1 heterocycles. The normalized spacial score (nSPS) is 18.1. The maximum atomic E-state index is 13.5. The number of rotatable bonds is 8. The molecule has 0 bridgehead atoms. The third-order valence-corrected chi connectivity index (χ3v) is 8.82. The van der Waals surface area contributed by atoms with Gasteiger partial charge in [-0.25, -0.2) is 0 Å². The largest absolute Gasteiger partial charge is 0.493 e. The first-order valence-corrected chi connectivity index (χ1v) is 14.8. The highest BCUT2D eigenvalue weighted by Gasteiger charge is 2.43. The molecule has 1 aliphatic heterocycles. The molecule has 0 fully saturated rings. The van der Waals surface area contributed by atoms with Crippen molar-refractivity contribution in [3.63, 3.8) is 0 Å². The molecule has 0 amide bonds. The number of carbonyl (C=O) groups is 2. The van der Waals surface area contributed by atoms with Gasteiger partial charge in [0.05, 0.1) is 17.3 Å². The number of halogens is 2. The van der Waals surface area contributed by atoms with Crippen molar-refractivity contribution in [3.8, 4) is 11.5 Å². The van der Waals surface area contributed by atoms with Crippen LogP contribution in [0, 0.1) is 3.57 Å². The molecule has 8 heteroatoms. The highest BCUT2D eigenvalue weighted by Crippen LogP contribution is 2.50. The van der Waals surface area contributed by atoms with Crippen LogP contribution >= 0.6 is 38.5 Å². The van der Waals surface area contributed by atoms with E-state index in [1.165, 1.54) is 0 Å². The van der Waals surface area contributed by atoms with Crippen molar-refractivity contribution in [2.45, 2.75) is 51.0 Å². The van der Waals surface area contributed by atoms with Gasteiger partial charge in [-0.3, -0.25) is 9.59 Å². The molecule has 38 heavy (non-hydrogen) atoms. The predicted octanol–water partition coefficient (Wildman–Crippen LogP) is 6.70. The number of ether oxygens (including phenoxy) is 3. The molecule has 2 aromatic carbocycles. The zero-order chi connectivity index (χ0) is 26.8. The number of hydrogen-bond acceptors (Lipinski definition) is 6. The summed E-state index contributed by atoms with van der Waals surface area (Å²) in [5.74, 6) is 1.14.